The van der Waals surface area contributed by atoms with Crippen molar-refractivity contribution in [2.24, 2.45) is 0 Å². The molecule has 1 aromatic rings. The summed E-state index contributed by atoms with van der Waals surface area (Å²) in [6.45, 7) is 6.08. The monoisotopic (exact) mass is 353 g/mol. The van der Waals surface area contributed by atoms with E-state index < -0.39 is 0 Å². The number of hydrogen-bond acceptors (Lipinski definition) is 2. The van der Waals surface area contributed by atoms with Gasteiger partial charge in [0.05, 0.1) is 0 Å². The maximum absolute atomic E-state index is 12.8. The van der Waals surface area contributed by atoms with Crippen LogP contribution in [0.25, 0.3) is 0 Å². The van der Waals surface area contributed by atoms with Gasteiger partial charge in [0.1, 0.15) is 5.69 Å². The Hall–Kier alpha value is -1.30. The van der Waals surface area contributed by atoms with Gasteiger partial charge in [0.15, 0.2) is 0 Å². The van der Waals surface area contributed by atoms with Crippen molar-refractivity contribution >= 4 is 27.7 Å². The molecule has 0 aromatic carbocycles. The molecule has 2 aliphatic heterocycles. The highest BCUT2D eigenvalue weighted by molar-refractivity contribution is 9.10. The molecule has 1 unspecified atom stereocenters. The molecule has 6 heteroatoms. The summed E-state index contributed by atoms with van der Waals surface area (Å²) in [7, 11) is 0. The van der Waals surface area contributed by atoms with Crippen LogP contribution in [0.3, 0.4) is 0 Å². The summed E-state index contributed by atoms with van der Waals surface area (Å²) < 4.78 is 2.92. The van der Waals surface area contributed by atoms with Gasteiger partial charge in [-0.05, 0) is 42.3 Å². The number of hydrogen-bond donors (Lipinski definition) is 0. The molecule has 0 aliphatic carbocycles. The van der Waals surface area contributed by atoms with E-state index in [2.05, 4.69) is 29.8 Å². The standard InChI is InChI=1S/C15H20BrN3O2/c1-10(2)19-8-11(16)7-13(19)15(21)17-5-6-18-12(9-17)3-4-14(18)20/h7-8,10,12H,3-6,9H2,1-2H3. The quantitative estimate of drug-likeness (QED) is 0.818. The third-order valence-corrected chi connectivity index (χ3v) is 4.81. The van der Waals surface area contributed by atoms with Gasteiger partial charge in [-0.15, -0.1) is 0 Å². The highest BCUT2D eigenvalue weighted by Crippen LogP contribution is 2.25. The number of aromatic nitrogens is 1. The molecule has 21 heavy (non-hydrogen) atoms. The van der Waals surface area contributed by atoms with Crippen LogP contribution in [0.5, 0.6) is 0 Å². The van der Waals surface area contributed by atoms with Crippen molar-refractivity contribution in [1.29, 1.82) is 0 Å². The molecule has 2 fully saturated rings. The van der Waals surface area contributed by atoms with Gasteiger partial charge in [-0.1, -0.05) is 0 Å². The SMILES string of the molecule is CC(C)n1cc(Br)cc1C(=O)N1CCN2C(=O)CCC2C1. The Balaban J connectivity index is 1.79. The number of fused-ring (bicyclic) bond motifs is 1. The van der Waals surface area contributed by atoms with Crippen molar-refractivity contribution in [1.82, 2.24) is 14.4 Å². The molecule has 0 saturated carbocycles. The lowest BCUT2D eigenvalue weighted by molar-refractivity contribution is -0.130. The van der Waals surface area contributed by atoms with E-state index in [1.165, 1.54) is 0 Å². The summed E-state index contributed by atoms with van der Waals surface area (Å²) in [5.74, 6) is 0.300. The molecule has 2 amide bonds. The maximum Gasteiger partial charge on any atom is 0.270 e. The van der Waals surface area contributed by atoms with Crippen molar-refractivity contribution in [3.05, 3.63) is 22.4 Å². The van der Waals surface area contributed by atoms with Crippen LogP contribution in [0.1, 0.15) is 43.2 Å². The van der Waals surface area contributed by atoms with E-state index in [0.29, 0.717) is 26.1 Å². The van der Waals surface area contributed by atoms with E-state index in [1.807, 2.05) is 26.6 Å². The molecule has 114 valence electrons. The number of halogens is 1. The Kier molecular flexibility index (Phi) is 3.82. The fraction of sp³-hybridized carbons (Fsp3) is 0.600. The maximum atomic E-state index is 12.8. The van der Waals surface area contributed by atoms with Crippen molar-refractivity contribution in [3.8, 4) is 0 Å². The lowest BCUT2D eigenvalue weighted by atomic mass is 10.1. The molecule has 3 heterocycles. The van der Waals surface area contributed by atoms with Crippen LogP contribution in [0, 0.1) is 0 Å². The van der Waals surface area contributed by atoms with Crippen LogP contribution in [-0.2, 0) is 4.79 Å². The summed E-state index contributed by atoms with van der Waals surface area (Å²) >= 11 is 3.45. The molecule has 0 spiro atoms. The molecule has 2 saturated heterocycles. The fourth-order valence-electron chi connectivity index (χ4n) is 3.26. The van der Waals surface area contributed by atoms with Gasteiger partial charge in [-0.2, -0.15) is 0 Å². The number of amides is 2. The molecule has 2 aliphatic rings. The van der Waals surface area contributed by atoms with E-state index in [-0.39, 0.29) is 23.9 Å². The van der Waals surface area contributed by atoms with Crippen LogP contribution in [0.15, 0.2) is 16.7 Å². The molecule has 3 rings (SSSR count). The molecular weight excluding hydrogens is 334 g/mol. The van der Waals surface area contributed by atoms with E-state index in [1.54, 1.807) is 0 Å². The smallest absolute Gasteiger partial charge is 0.270 e. The molecule has 1 atom stereocenters. The zero-order valence-corrected chi connectivity index (χ0v) is 14.0. The highest BCUT2D eigenvalue weighted by atomic mass is 79.9. The van der Waals surface area contributed by atoms with Gasteiger partial charge >= 0.3 is 0 Å². The van der Waals surface area contributed by atoms with E-state index in [9.17, 15) is 9.59 Å². The Morgan fingerprint density at radius 2 is 2.14 bits per heavy atom. The van der Waals surface area contributed by atoms with Gasteiger partial charge in [-0.25, -0.2) is 0 Å². The third kappa shape index (κ3) is 2.61. The van der Waals surface area contributed by atoms with Crippen LogP contribution >= 0.6 is 15.9 Å². The predicted molar refractivity (Wildman–Crippen MR) is 83.2 cm³/mol. The highest BCUT2D eigenvalue weighted by Gasteiger charge is 2.37. The van der Waals surface area contributed by atoms with Crippen molar-refractivity contribution < 1.29 is 9.59 Å². The molecule has 5 nitrogen and oxygen atoms in total. The predicted octanol–water partition coefficient (Wildman–Crippen LogP) is 2.28. The van der Waals surface area contributed by atoms with E-state index in [0.717, 1.165) is 16.6 Å². The molecule has 0 radical (unpaired) electrons. The zero-order chi connectivity index (χ0) is 15.1. The third-order valence-electron chi connectivity index (χ3n) is 4.37. The van der Waals surface area contributed by atoms with Gasteiger partial charge in [0.2, 0.25) is 5.91 Å². The number of nitrogens with zero attached hydrogens (tertiary/aromatic N) is 3. The second kappa shape index (κ2) is 5.48. The van der Waals surface area contributed by atoms with Crippen LogP contribution < -0.4 is 0 Å². The topological polar surface area (TPSA) is 45.6 Å². The first-order chi connectivity index (χ1) is 9.97. The molecule has 1 aromatic heterocycles. The van der Waals surface area contributed by atoms with Crippen LogP contribution in [-0.4, -0.2) is 51.9 Å². The number of rotatable bonds is 2. The summed E-state index contributed by atoms with van der Waals surface area (Å²) in [5, 5.41) is 0. The average Bonchev–Trinajstić information content (AvgIpc) is 3.01. The molecule has 0 N–H and O–H groups in total. The Labute approximate surface area is 133 Å². The zero-order valence-electron chi connectivity index (χ0n) is 12.4. The minimum absolute atomic E-state index is 0.0633. The summed E-state index contributed by atoms with van der Waals surface area (Å²) in [6.07, 6.45) is 3.45. The van der Waals surface area contributed by atoms with Crippen molar-refractivity contribution in [2.45, 2.75) is 38.8 Å². The van der Waals surface area contributed by atoms with Crippen molar-refractivity contribution in [2.75, 3.05) is 19.6 Å². The lowest BCUT2D eigenvalue weighted by Gasteiger charge is -2.37. The summed E-state index contributed by atoms with van der Waals surface area (Å²) in [4.78, 5) is 28.3. The summed E-state index contributed by atoms with van der Waals surface area (Å²) in [5.41, 5.74) is 0.717. The van der Waals surface area contributed by atoms with Crippen LogP contribution in [0.2, 0.25) is 0 Å². The Bertz CT molecular complexity index is 581. The second-order valence-electron chi connectivity index (χ2n) is 6.08. The fourth-order valence-corrected chi connectivity index (χ4v) is 3.69. The first-order valence-corrected chi connectivity index (χ1v) is 8.23. The Morgan fingerprint density at radius 3 is 2.86 bits per heavy atom. The first kappa shape index (κ1) is 14.6. The average molecular weight is 354 g/mol. The number of piperazine rings is 1. The second-order valence-corrected chi connectivity index (χ2v) is 6.99. The van der Waals surface area contributed by atoms with Gasteiger partial charge in [-0.3, -0.25) is 9.59 Å². The Morgan fingerprint density at radius 1 is 1.38 bits per heavy atom. The van der Waals surface area contributed by atoms with Gasteiger partial charge in [0.25, 0.3) is 5.91 Å². The minimum Gasteiger partial charge on any atom is -0.340 e. The first-order valence-electron chi connectivity index (χ1n) is 7.43. The van der Waals surface area contributed by atoms with Gasteiger partial charge < -0.3 is 14.4 Å². The summed E-state index contributed by atoms with van der Waals surface area (Å²) in [6, 6.07) is 2.33. The van der Waals surface area contributed by atoms with Gasteiger partial charge in [0, 0.05) is 48.8 Å². The normalized spacial score (nSPS) is 22.1. The molecule has 0 bridgehead atoms. The van der Waals surface area contributed by atoms with Crippen molar-refractivity contribution in [3.63, 3.8) is 0 Å². The lowest BCUT2D eigenvalue weighted by Crippen LogP contribution is -2.53. The largest absolute Gasteiger partial charge is 0.340 e. The number of carbonyl (C=O) groups is 2. The molecular formula is C15H20BrN3O2. The van der Waals surface area contributed by atoms with Crippen LogP contribution in [0.4, 0.5) is 0 Å². The number of carbonyl (C=O) groups excluding carboxylic acids is 2. The minimum atomic E-state index is 0.0633. The van der Waals surface area contributed by atoms with E-state index in [4.69, 9.17) is 0 Å². The van der Waals surface area contributed by atoms with E-state index >= 15 is 0 Å².